The summed E-state index contributed by atoms with van der Waals surface area (Å²) in [4.78, 5) is 2.00. The van der Waals surface area contributed by atoms with Crippen molar-refractivity contribution in [3.8, 4) is 0 Å². The van der Waals surface area contributed by atoms with Crippen LogP contribution in [0.1, 0.15) is 19.2 Å². The molecule has 0 aliphatic carbocycles. The molecule has 0 bridgehead atoms. The molecule has 0 radical (unpaired) electrons. The molecule has 108 valence electrons. The van der Waals surface area contributed by atoms with Crippen molar-refractivity contribution in [2.24, 2.45) is 0 Å². The fourth-order valence-electron chi connectivity index (χ4n) is 2.17. The number of rotatable bonds is 7. The molecular formula is C12H22N4O3. The predicted octanol–water partition coefficient (Wildman–Crippen LogP) is 0.419. The molecule has 1 N–H and O–H groups in total. The predicted molar refractivity (Wildman–Crippen MR) is 70.1 cm³/mol. The van der Waals surface area contributed by atoms with E-state index in [2.05, 4.69) is 22.4 Å². The first kappa shape index (κ1) is 14.2. The molecule has 1 aromatic rings. The summed E-state index contributed by atoms with van der Waals surface area (Å²) < 4.78 is 16.4. The molecule has 1 fully saturated rings. The molecule has 19 heavy (non-hydrogen) atoms. The van der Waals surface area contributed by atoms with Crippen molar-refractivity contribution in [2.45, 2.75) is 32.1 Å². The van der Waals surface area contributed by atoms with E-state index < -0.39 is 0 Å². The second-order valence-corrected chi connectivity index (χ2v) is 4.61. The maximum atomic E-state index is 5.63. The van der Waals surface area contributed by atoms with E-state index in [9.17, 15) is 0 Å². The molecular weight excluding hydrogens is 248 g/mol. The monoisotopic (exact) mass is 270 g/mol. The summed E-state index contributed by atoms with van der Waals surface area (Å²) in [6.45, 7) is 5.08. The van der Waals surface area contributed by atoms with Crippen LogP contribution in [-0.4, -0.2) is 56.3 Å². The highest BCUT2D eigenvalue weighted by Crippen LogP contribution is 2.22. The van der Waals surface area contributed by atoms with Crippen molar-refractivity contribution in [1.82, 2.24) is 15.5 Å². The summed E-state index contributed by atoms with van der Waals surface area (Å²) in [6, 6.07) is 0.537. The van der Waals surface area contributed by atoms with E-state index in [1.54, 1.807) is 14.2 Å². The third-order valence-corrected chi connectivity index (χ3v) is 3.25. The number of aromatic nitrogens is 2. The topological polar surface area (TPSA) is 72.7 Å². The summed E-state index contributed by atoms with van der Waals surface area (Å²) in [7, 11) is 3.38. The van der Waals surface area contributed by atoms with Gasteiger partial charge in [-0.3, -0.25) is 0 Å². The standard InChI is InChI=1S/C12H22N4O3/c1-4-5-13-6-11-14-15-12(19-11)16-7-9(17-2)10(8-16)18-3/h9-10,13H,4-8H2,1-3H3. The zero-order chi connectivity index (χ0) is 13.7. The minimum Gasteiger partial charge on any atom is -0.407 e. The minimum atomic E-state index is 0.0403. The largest absolute Gasteiger partial charge is 0.407 e. The number of anilines is 1. The van der Waals surface area contributed by atoms with Crippen molar-refractivity contribution < 1.29 is 13.9 Å². The van der Waals surface area contributed by atoms with Crippen LogP contribution in [0.2, 0.25) is 0 Å². The molecule has 2 rings (SSSR count). The molecule has 2 heterocycles. The average molecular weight is 270 g/mol. The van der Waals surface area contributed by atoms with Gasteiger partial charge in [-0.05, 0) is 13.0 Å². The van der Waals surface area contributed by atoms with Gasteiger partial charge < -0.3 is 24.1 Å². The van der Waals surface area contributed by atoms with Crippen LogP contribution in [0.25, 0.3) is 0 Å². The number of methoxy groups -OCH3 is 2. The first-order valence-electron chi connectivity index (χ1n) is 6.62. The number of hydrogen-bond donors (Lipinski definition) is 1. The van der Waals surface area contributed by atoms with Gasteiger partial charge in [0.25, 0.3) is 0 Å². The van der Waals surface area contributed by atoms with Gasteiger partial charge in [-0.15, -0.1) is 5.10 Å². The van der Waals surface area contributed by atoms with Crippen molar-refractivity contribution in [2.75, 3.05) is 38.8 Å². The Morgan fingerprint density at radius 3 is 2.53 bits per heavy atom. The van der Waals surface area contributed by atoms with Gasteiger partial charge in [-0.25, -0.2) is 0 Å². The smallest absolute Gasteiger partial charge is 0.318 e. The SMILES string of the molecule is CCCNCc1nnc(N2CC(OC)C(OC)C2)o1. The molecule has 0 saturated carbocycles. The maximum Gasteiger partial charge on any atom is 0.318 e. The van der Waals surface area contributed by atoms with Gasteiger partial charge in [0.15, 0.2) is 0 Å². The fourth-order valence-corrected chi connectivity index (χ4v) is 2.17. The Labute approximate surface area is 113 Å². The zero-order valence-electron chi connectivity index (χ0n) is 11.8. The molecule has 1 aromatic heterocycles. The maximum absolute atomic E-state index is 5.63. The van der Waals surface area contributed by atoms with Gasteiger partial charge in [-0.1, -0.05) is 12.0 Å². The van der Waals surface area contributed by atoms with Crippen LogP contribution in [0.5, 0.6) is 0 Å². The minimum absolute atomic E-state index is 0.0403. The quantitative estimate of drug-likeness (QED) is 0.720. The molecule has 2 atom stereocenters. The highest BCUT2D eigenvalue weighted by atomic mass is 16.5. The second kappa shape index (κ2) is 6.83. The molecule has 0 spiro atoms. The van der Waals surface area contributed by atoms with Crippen LogP contribution in [0.3, 0.4) is 0 Å². The molecule has 1 saturated heterocycles. The lowest BCUT2D eigenvalue weighted by Crippen LogP contribution is -2.27. The molecule has 0 amide bonds. The highest BCUT2D eigenvalue weighted by Gasteiger charge is 2.35. The van der Waals surface area contributed by atoms with Crippen molar-refractivity contribution >= 4 is 6.01 Å². The van der Waals surface area contributed by atoms with E-state index >= 15 is 0 Å². The van der Waals surface area contributed by atoms with E-state index in [4.69, 9.17) is 13.9 Å². The van der Waals surface area contributed by atoms with Gasteiger partial charge in [-0.2, -0.15) is 0 Å². The lowest BCUT2D eigenvalue weighted by Gasteiger charge is -2.13. The van der Waals surface area contributed by atoms with Gasteiger partial charge >= 0.3 is 6.01 Å². The third kappa shape index (κ3) is 3.43. The highest BCUT2D eigenvalue weighted by molar-refractivity contribution is 5.28. The summed E-state index contributed by atoms with van der Waals surface area (Å²) in [6.07, 6.45) is 1.16. The van der Waals surface area contributed by atoms with E-state index in [1.165, 1.54) is 0 Å². The summed E-state index contributed by atoms with van der Waals surface area (Å²) in [5.74, 6) is 0.610. The second-order valence-electron chi connectivity index (χ2n) is 4.61. The average Bonchev–Trinajstić information content (AvgIpc) is 3.04. The Hall–Kier alpha value is -1.18. The summed E-state index contributed by atoms with van der Waals surface area (Å²) >= 11 is 0. The number of hydrogen-bond acceptors (Lipinski definition) is 7. The molecule has 1 aliphatic rings. The van der Waals surface area contributed by atoms with Crippen LogP contribution in [-0.2, 0) is 16.0 Å². The van der Waals surface area contributed by atoms with Crippen LogP contribution < -0.4 is 10.2 Å². The number of nitrogens with zero attached hydrogens (tertiary/aromatic N) is 3. The number of ether oxygens (including phenoxy) is 2. The Kier molecular flexibility index (Phi) is 5.12. The van der Waals surface area contributed by atoms with Crippen molar-refractivity contribution in [3.05, 3.63) is 5.89 Å². The lowest BCUT2D eigenvalue weighted by atomic mass is 10.3. The summed E-state index contributed by atoms with van der Waals surface area (Å²) in [5, 5.41) is 11.3. The Morgan fingerprint density at radius 1 is 1.26 bits per heavy atom. The normalized spacial score (nSPS) is 23.2. The molecule has 7 nitrogen and oxygen atoms in total. The van der Waals surface area contributed by atoms with Gasteiger partial charge in [0.05, 0.1) is 19.6 Å². The first-order valence-corrected chi connectivity index (χ1v) is 6.62. The Balaban J connectivity index is 1.92. The Morgan fingerprint density at radius 2 is 1.95 bits per heavy atom. The van der Waals surface area contributed by atoms with Gasteiger partial charge in [0.2, 0.25) is 5.89 Å². The lowest BCUT2D eigenvalue weighted by molar-refractivity contribution is -0.00461. The van der Waals surface area contributed by atoms with Gasteiger partial charge in [0, 0.05) is 14.2 Å². The third-order valence-electron chi connectivity index (χ3n) is 3.25. The zero-order valence-corrected chi connectivity index (χ0v) is 11.8. The first-order chi connectivity index (χ1) is 9.28. The number of nitrogens with one attached hydrogen (secondary N) is 1. The van der Waals surface area contributed by atoms with E-state index in [0.29, 0.717) is 31.5 Å². The molecule has 2 unspecified atom stereocenters. The molecule has 7 heteroatoms. The molecule has 0 aromatic carbocycles. The Bertz CT molecular complexity index is 373. The van der Waals surface area contributed by atoms with Gasteiger partial charge in [0.1, 0.15) is 12.2 Å². The van der Waals surface area contributed by atoms with Crippen LogP contribution in [0.4, 0.5) is 6.01 Å². The van der Waals surface area contributed by atoms with E-state index in [1.807, 2.05) is 4.90 Å². The van der Waals surface area contributed by atoms with Crippen LogP contribution in [0.15, 0.2) is 4.42 Å². The van der Waals surface area contributed by atoms with E-state index in [-0.39, 0.29) is 12.2 Å². The summed E-state index contributed by atoms with van der Waals surface area (Å²) in [5.41, 5.74) is 0. The fraction of sp³-hybridized carbons (Fsp3) is 0.833. The van der Waals surface area contributed by atoms with Crippen LogP contribution >= 0.6 is 0 Å². The molecule has 1 aliphatic heterocycles. The van der Waals surface area contributed by atoms with E-state index in [0.717, 1.165) is 13.0 Å². The van der Waals surface area contributed by atoms with Crippen molar-refractivity contribution in [1.29, 1.82) is 0 Å². The van der Waals surface area contributed by atoms with Crippen molar-refractivity contribution in [3.63, 3.8) is 0 Å². The van der Waals surface area contributed by atoms with Crippen LogP contribution in [0, 0.1) is 0 Å².